The average molecular weight is 342 g/mol. The molecule has 0 saturated heterocycles. The normalized spacial score (nSPS) is 17.5. The molecule has 2 aliphatic carbocycles. The van der Waals surface area contributed by atoms with Crippen molar-refractivity contribution in [3.63, 3.8) is 0 Å². The molecule has 2 aromatic heterocycles. The number of ether oxygens (including phenoxy) is 1. The number of hydrogen-bond acceptors (Lipinski definition) is 6. The molecule has 2 saturated carbocycles. The first-order valence-corrected chi connectivity index (χ1v) is 9.35. The van der Waals surface area contributed by atoms with E-state index < -0.39 is 0 Å². The Kier molecular flexibility index (Phi) is 4.97. The van der Waals surface area contributed by atoms with Crippen LogP contribution in [0.5, 0.6) is 0 Å². The molecule has 0 bridgehead atoms. The number of nitrogens with zero attached hydrogens (tertiary/aromatic N) is 4. The summed E-state index contributed by atoms with van der Waals surface area (Å²) in [7, 11) is 0. The van der Waals surface area contributed by atoms with Gasteiger partial charge >= 0.3 is 0 Å². The number of hydrogen-bond donors (Lipinski definition) is 0. The van der Waals surface area contributed by atoms with Gasteiger partial charge in [0.2, 0.25) is 5.95 Å². The van der Waals surface area contributed by atoms with Crippen LogP contribution >= 0.6 is 0 Å². The average Bonchev–Trinajstić information content (AvgIpc) is 3.32. The van der Waals surface area contributed by atoms with Crippen molar-refractivity contribution in [3.8, 4) is 0 Å². The van der Waals surface area contributed by atoms with Gasteiger partial charge in [0.25, 0.3) is 0 Å². The van der Waals surface area contributed by atoms with E-state index in [0.29, 0.717) is 25.0 Å². The summed E-state index contributed by atoms with van der Waals surface area (Å²) in [6.07, 6.45) is 10.1. The van der Waals surface area contributed by atoms with Crippen molar-refractivity contribution in [2.75, 3.05) is 24.7 Å². The Balaban J connectivity index is 1.37. The molecule has 6 nitrogen and oxygen atoms in total. The summed E-state index contributed by atoms with van der Waals surface area (Å²) in [5.74, 6) is 3.08. The lowest BCUT2D eigenvalue weighted by molar-refractivity contribution is 0.0741. The fourth-order valence-electron chi connectivity index (χ4n) is 3.04. The molecule has 0 unspecified atom stereocenters. The van der Waals surface area contributed by atoms with E-state index in [9.17, 15) is 0 Å². The standard InChI is InChI=1S/C19H26N4O2/c1-14-10-20-19(21-11-14)23(7-8-24-13-15-3-2-4-15)12-17-9-18(25-22-17)16-5-6-16/h9-11,15-16H,2-8,12-13H2,1H3. The molecule has 25 heavy (non-hydrogen) atoms. The molecule has 2 aromatic rings. The minimum Gasteiger partial charge on any atom is -0.379 e. The summed E-state index contributed by atoms with van der Waals surface area (Å²) < 4.78 is 11.3. The molecular weight excluding hydrogens is 316 g/mol. The Morgan fingerprint density at radius 2 is 2.00 bits per heavy atom. The Bertz CT molecular complexity index is 677. The third-order valence-corrected chi connectivity index (χ3v) is 5.04. The molecule has 134 valence electrons. The minimum absolute atomic E-state index is 0.580. The zero-order chi connectivity index (χ0) is 17.1. The van der Waals surface area contributed by atoms with Gasteiger partial charge in [-0.25, -0.2) is 9.97 Å². The molecule has 0 spiro atoms. The highest BCUT2D eigenvalue weighted by Gasteiger charge is 2.28. The van der Waals surface area contributed by atoms with Crippen molar-refractivity contribution in [1.29, 1.82) is 0 Å². The van der Waals surface area contributed by atoms with E-state index in [0.717, 1.165) is 36.1 Å². The van der Waals surface area contributed by atoms with Crippen LogP contribution in [-0.2, 0) is 11.3 Å². The van der Waals surface area contributed by atoms with Gasteiger partial charge in [-0.1, -0.05) is 11.6 Å². The number of rotatable bonds is 9. The molecule has 4 rings (SSSR count). The Hall–Kier alpha value is -1.95. The van der Waals surface area contributed by atoms with E-state index in [2.05, 4.69) is 26.1 Å². The monoisotopic (exact) mass is 342 g/mol. The molecule has 0 aliphatic heterocycles. The van der Waals surface area contributed by atoms with Crippen LogP contribution in [0, 0.1) is 12.8 Å². The van der Waals surface area contributed by atoms with Crippen molar-refractivity contribution in [2.45, 2.75) is 51.5 Å². The summed E-state index contributed by atoms with van der Waals surface area (Å²) in [4.78, 5) is 11.1. The van der Waals surface area contributed by atoms with Gasteiger partial charge in [0, 0.05) is 37.5 Å². The van der Waals surface area contributed by atoms with Crippen molar-refractivity contribution in [2.24, 2.45) is 5.92 Å². The maximum absolute atomic E-state index is 5.86. The van der Waals surface area contributed by atoms with Crippen LogP contribution in [0.15, 0.2) is 23.0 Å². The minimum atomic E-state index is 0.580. The van der Waals surface area contributed by atoms with Crippen LogP contribution in [0.25, 0.3) is 0 Å². The van der Waals surface area contributed by atoms with Gasteiger partial charge in [0.1, 0.15) is 11.5 Å². The molecule has 2 heterocycles. The van der Waals surface area contributed by atoms with E-state index in [4.69, 9.17) is 9.26 Å². The number of aryl methyl sites for hydroxylation is 1. The number of aromatic nitrogens is 3. The third-order valence-electron chi connectivity index (χ3n) is 5.04. The van der Waals surface area contributed by atoms with Crippen LogP contribution in [0.4, 0.5) is 5.95 Å². The summed E-state index contributed by atoms with van der Waals surface area (Å²) in [6, 6.07) is 2.08. The highest BCUT2D eigenvalue weighted by Crippen LogP contribution is 2.40. The van der Waals surface area contributed by atoms with Gasteiger partial charge in [0.05, 0.1) is 13.2 Å². The Morgan fingerprint density at radius 3 is 2.68 bits per heavy atom. The molecule has 0 radical (unpaired) electrons. The van der Waals surface area contributed by atoms with E-state index >= 15 is 0 Å². The van der Waals surface area contributed by atoms with Gasteiger partial charge < -0.3 is 14.2 Å². The van der Waals surface area contributed by atoms with E-state index in [1.165, 1.54) is 32.1 Å². The fourth-order valence-corrected chi connectivity index (χ4v) is 3.04. The fraction of sp³-hybridized carbons (Fsp3) is 0.632. The SMILES string of the molecule is Cc1cnc(N(CCOCC2CCC2)Cc2cc(C3CC3)on2)nc1. The zero-order valence-corrected chi connectivity index (χ0v) is 14.9. The summed E-state index contributed by atoms with van der Waals surface area (Å²) in [6.45, 7) is 4.95. The van der Waals surface area contributed by atoms with Gasteiger partial charge in [0.15, 0.2) is 0 Å². The quantitative estimate of drug-likeness (QED) is 0.650. The highest BCUT2D eigenvalue weighted by atomic mass is 16.5. The zero-order valence-electron chi connectivity index (χ0n) is 14.9. The molecule has 6 heteroatoms. The lowest BCUT2D eigenvalue weighted by atomic mass is 9.86. The molecular formula is C19H26N4O2. The van der Waals surface area contributed by atoms with Crippen LogP contribution in [-0.4, -0.2) is 34.9 Å². The maximum atomic E-state index is 5.86. The second-order valence-corrected chi connectivity index (χ2v) is 7.35. The summed E-state index contributed by atoms with van der Waals surface area (Å²) >= 11 is 0. The predicted molar refractivity (Wildman–Crippen MR) is 94.5 cm³/mol. The first-order valence-electron chi connectivity index (χ1n) is 9.35. The van der Waals surface area contributed by atoms with Crippen molar-refractivity contribution >= 4 is 5.95 Å². The second-order valence-electron chi connectivity index (χ2n) is 7.35. The first-order chi connectivity index (χ1) is 12.3. The van der Waals surface area contributed by atoms with Crippen molar-refractivity contribution < 1.29 is 9.26 Å². The smallest absolute Gasteiger partial charge is 0.225 e. The lowest BCUT2D eigenvalue weighted by Gasteiger charge is -2.26. The summed E-state index contributed by atoms with van der Waals surface area (Å²) in [5, 5.41) is 4.23. The lowest BCUT2D eigenvalue weighted by Crippen LogP contribution is -2.30. The predicted octanol–water partition coefficient (Wildman–Crippen LogP) is 3.47. The molecule has 0 N–H and O–H groups in total. The molecule has 2 fully saturated rings. The topological polar surface area (TPSA) is 64.3 Å². The van der Waals surface area contributed by atoms with Crippen LogP contribution in [0.2, 0.25) is 0 Å². The van der Waals surface area contributed by atoms with E-state index in [1.807, 2.05) is 19.3 Å². The largest absolute Gasteiger partial charge is 0.379 e. The Morgan fingerprint density at radius 1 is 1.20 bits per heavy atom. The first kappa shape index (κ1) is 16.5. The van der Waals surface area contributed by atoms with Crippen LogP contribution < -0.4 is 4.90 Å². The van der Waals surface area contributed by atoms with Gasteiger partial charge in [-0.15, -0.1) is 0 Å². The van der Waals surface area contributed by atoms with Crippen LogP contribution in [0.1, 0.15) is 55.0 Å². The highest BCUT2D eigenvalue weighted by molar-refractivity contribution is 5.31. The number of anilines is 1. The molecule has 0 aromatic carbocycles. The summed E-state index contributed by atoms with van der Waals surface area (Å²) in [5.41, 5.74) is 1.99. The maximum Gasteiger partial charge on any atom is 0.225 e. The molecule has 2 aliphatic rings. The van der Waals surface area contributed by atoms with E-state index in [-0.39, 0.29) is 0 Å². The third kappa shape index (κ3) is 4.37. The van der Waals surface area contributed by atoms with Crippen molar-refractivity contribution in [1.82, 2.24) is 15.1 Å². The molecule has 0 atom stereocenters. The van der Waals surface area contributed by atoms with Crippen molar-refractivity contribution in [3.05, 3.63) is 35.5 Å². The van der Waals surface area contributed by atoms with Gasteiger partial charge in [-0.2, -0.15) is 0 Å². The van der Waals surface area contributed by atoms with Crippen LogP contribution in [0.3, 0.4) is 0 Å². The Labute approximate surface area is 148 Å². The van der Waals surface area contributed by atoms with E-state index in [1.54, 1.807) is 0 Å². The van der Waals surface area contributed by atoms with Gasteiger partial charge in [-0.05, 0) is 44.1 Å². The molecule has 0 amide bonds. The van der Waals surface area contributed by atoms with Gasteiger partial charge in [-0.3, -0.25) is 0 Å². The second kappa shape index (κ2) is 7.52.